The van der Waals surface area contributed by atoms with E-state index in [9.17, 15) is 0 Å². The summed E-state index contributed by atoms with van der Waals surface area (Å²) in [6, 6.07) is 2.62. The zero-order chi connectivity index (χ0) is 15.2. The fraction of sp³-hybridized carbons (Fsp3) is 0.750. The Hall–Kier alpha value is -1.36. The molecule has 1 unspecified atom stereocenters. The lowest BCUT2D eigenvalue weighted by atomic mass is 10.0. The van der Waals surface area contributed by atoms with Gasteiger partial charge in [0.1, 0.15) is 5.82 Å². The Morgan fingerprint density at radius 3 is 2.86 bits per heavy atom. The molecule has 1 N–H and O–H groups in total. The van der Waals surface area contributed by atoms with Gasteiger partial charge in [0, 0.05) is 37.4 Å². The van der Waals surface area contributed by atoms with Crippen LogP contribution in [0.4, 0.5) is 11.8 Å². The highest BCUT2D eigenvalue weighted by molar-refractivity contribution is 5.44. The number of piperidine rings is 1. The van der Waals surface area contributed by atoms with Gasteiger partial charge in [-0.25, -0.2) is 4.98 Å². The molecule has 5 nitrogen and oxygen atoms in total. The highest BCUT2D eigenvalue weighted by Crippen LogP contribution is 2.24. The Morgan fingerprint density at radius 2 is 2.14 bits per heavy atom. The van der Waals surface area contributed by atoms with Crippen LogP contribution in [0.5, 0.6) is 0 Å². The molecule has 0 amide bonds. The Bertz CT molecular complexity index is 446. The average Bonchev–Trinajstić information content (AvgIpc) is 2.46. The number of hydrogen-bond donors (Lipinski definition) is 1. The van der Waals surface area contributed by atoms with E-state index in [1.807, 2.05) is 13.0 Å². The largest absolute Gasteiger partial charge is 0.369 e. The standard InChI is InChI=1S/C16H29N5/c1-5-14-8-6-7-10-21(14)16-18-13(2)12-15(19-16)17-9-11-20(3)4/h12,14H,5-11H2,1-4H3,(H,17,18,19). The van der Waals surface area contributed by atoms with Gasteiger partial charge in [-0.2, -0.15) is 4.98 Å². The number of likely N-dealkylation sites (N-methyl/N-ethyl adjacent to an activating group) is 1. The second-order valence-electron chi connectivity index (χ2n) is 6.18. The maximum atomic E-state index is 4.74. The first-order chi connectivity index (χ1) is 10.1. The van der Waals surface area contributed by atoms with E-state index in [0.29, 0.717) is 6.04 Å². The first-order valence-electron chi connectivity index (χ1n) is 8.11. The third-order valence-electron chi connectivity index (χ3n) is 4.06. The summed E-state index contributed by atoms with van der Waals surface area (Å²) in [4.78, 5) is 14.0. The molecule has 2 rings (SSSR count). The van der Waals surface area contributed by atoms with Crippen LogP contribution in [0.25, 0.3) is 0 Å². The van der Waals surface area contributed by atoms with Gasteiger partial charge in [0.15, 0.2) is 0 Å². The molecule has 0 spiro atoms. The fourth-order valence-corrected chi connectivity index (χ4v) is 2.87. The second-order valence-corrected chi connectivity index (χ2v) is 6.18. The summed E-state index contributed by atoms with van der Waals surface area (Å²) in [5.41, 5.74) is 1.03. The molecule has 1 aliphatic heterocycles. The van der Waals surface area contributed by atoms with Crippen molar-refractivity contribution in [3.8, 4) is 0 Å². The minimum atomic E-state index is 0.593. The number of anilines is 2. The SMILES string of the molecule is CCC1CCCCN1c1nc(C)cc(NCCN(C)C)n1. The van der Waals surface area contributed by atoms with E-state index in [1.54, 1.807) is 0 Å². The maximum Gasteiger partial charge on any atom is 0.227 e. The van der Waals surface area contributed by atoms with Crippen LogP contribution in [0.2, 0.25) is 0 Å². The molecule has 1 aromatic heterocycles. The van der Waals surface area contributed by atoms with Crippen molar-refractivity contribution in [1.29, 1.82) is 0 Å². The van der Waals surface area contributed by atoms with Crippen molar-refractivity contribution in [3.63, 3.8) is 0 Å². The number of nitrogens with zero attached hydrogens (tertiary/aromatic N) is 4. The molecular weight excluding hydrogens is 262 g/mol. The fourth-order valence-electron chi connectivity index (χ4n) is 2.87. The molecule has 21 heavy (non-hydrogen) atoms. The molecule has 0 radical (unpaired) electrons. The number of rotatable bonds is 6. The third-order valence-corrected chi connectivity index (χ3v) is 4.06. The maximum absolute atomic E-state index is 4.74. The van der Waals surface area contributed by atoms with Crippen molar-refractivity contribution in [2.75, 3.05) is 43.9 Å². The lowest BCUT2D eigenvalue weighted by Gasteiger charge is -2.35. The lowest BCUT2D eigenvalue weighted by molar-refractivity contribution is 0.425. The van der Waals surface area contributed by atoms with Crippen LogP contribution in [0.1, 0.15) is 38.3 Å². The van der Waals surface area contributed by atoms with E-state index < -0.39 is 0 Å². The first-order valence-corrected chi connectivity index (χ1v) is 8.11. The molecule has 0 saturated carbocycles. The van der Waals surface area contributed by atoms with Gasteiger partial charge in [-0.05, 0) is 46.7 Å². The summed E-state index contributed by atoms with van der Waals surface area (Å²) < 4.78 is 0. The van der Waals surface area contributed by atoms with E-state index in [0.717, 1.165) is 37.1 Å². The first kappa shape index (κ1) is 16.0. The van der Waals surface area contributed by atoms with Crippen molar-refractivity contribution in [2.45, 2.75) is 45.6 Å². The number of aromatic nitrogens is 2. The molecular formula is C16H29N5. The van der Waals surface area contributed by atoms with E-state index in [2.05, 4.69) is 41.1 Å². The Balaban J connectivity index is 2.10. The van der Waals surface area contributed by atoms with Gasteiger partial charge in [0.2, 0.25) is 5.95 Å². The van der Waals surface area contributed by atoms with E-state index >= 15 is 0 Å². The second kappa shape index (κ2) is 7.59. The van der Waals surface area contributed by atoms with Crippen LogP contribution in [0.15, 0.2) is 6.07 Å². The summed E-state index contributed by atoms with van der Waals surface area (Å²) in [6.07, 6.45) is 5.00. The Morgan fingerprint density at radius 1 is 1.33 bits per heavy atom. The normalized spacial score (nSPS) is 19.1. The monoisotopic (exact) mass is 291 g/mol. The van der Waals surface area contributed by atoms with Gasteiger partial charge >= 0.3 is 0 Å². The highest BCUT2D eigenvalue weighted by Gasteiger charge is 2.23. The van der Waals surface area contributed by atoms with Gasteiger partial charge in [-0.15, -0.1) is 0 Å². The van der Waals surface area contributed by atoms with Crippen LogP contribution in [0, 0.1) is 6.92 Å². The summed E-state index contributed by atoms with van der Waals surface area (Å²) in [7, 11) is 4.16. The van der Waals surface area contributed by atoms with Gasteiger partial charge in [0.25, 0.3) is 0 Å². The highest BCUT2D eigenvalue weighted by atomic mass is 15.3. The van der Waals surface area contributed by atoms with Crippen LogP contribution in [0.3, 0.4) is 0 Å². The van der Waals surface area contributed by atoms with E-state index in [1.165, 1.54) is 25.7 Å². The van der Waals surface area contributed by atoms with E-state index in [4.69, 9.17) is 4.98 Å². The minimum absolute atomic E-state index is 0.593. The average molecular weight is 291 g/mol. The van der Waals surface area contributed by atoms with Crippen LogP contribution < -0.4 is 10.2 Å². The molecule has 1 atom stereocenters. The molecule has 5 heteroatoms. The van der Waals surface area contributed by atoms with Gasteiger partial charge < -0.3 is 15.1 Å². The van der Waals surface area contributed by atoms with Crippen molar-refractivity contribution < 1.29 is 0 Å². The van der Waals surface area contributed by atoms with Crippen molar-refractivity contribution in [1.82, 2.24) is 14.9 Å². The third kappa shape index (κ3) is 4.56. The topological polar surface area (TPSA) is 44.3 Å². The number of aryl methyl sites for hydroxylation is 1. The van der Waals surface area contributed by atoms with Crippen molar-refractivity contribution >= 4 is 11.8 Å². The lowest BCUT2D eigenvalue weighted by Crippen LogP contribution is -2.40. The molecule has 118 valence electrons. The quantitative estimate of drug-likeness (QED) is 0.872. The van der Waals surface area contributed by atoms with E-state index in [-0.39, 0.29) is 0 Å². The molecule has 1 fully saturated rings. The van der Waals surface area contributed by atoms with Crippen LogP contribution in [-0.4, -0.2) is 54.6 Å². The smallest absolute Gasteiger partial charge is 0.227 e. The summed E-state index contributed by atoms with van der Waals surface area (Å²) >= 11 is 0. The van der Waals surface area contributed by atoms with Gasteiger partial charge in [-0.1, -0.05) is 6.92 Å². The van der Waals surface area contributed by atoms with Crippen molar-refractivity contribution in [2.24, 2.45) is 0 Å². The zero-order valence-electron chi connectivity index (χ0n) is 13.9. The molecule has 0 aliphatic carbocycles. The Kier molecular flexibility index (Phi) is 5.79. The molecule has 1 saturated heterocycles. The molecule has 1 aliphatic rings. The van der Waals surface area contributed by atoms with Crippen molar-refractivity contribution in [3.05, 3.63) is 11.8 Å². The molecule has 2 heterocycles. The number of hydrogen-bond acceptors (Lipinski definition) is 5. The van der Waals surface area contributed by atoms with Gasteiger partial charge in [0.05, 0.1) is 0 Å². The summed E-state index contributed by atoms with van der Waals surface area (Å²) in [5.74, 6) is 1.84. The van der Waals surface area contributed by atoms with Crippen LogP contribution in [-0.2, 0) is 0 Å². The predicted octanol–water partition coefficient (Wildman–Crippen LogP) is 2.53. The molecule has 0 bridgehead atoms. The Labute approximate surface area is 128 Å². The predicted molar refractivity (Wildman–Crippen MR) is 89.1 cm³/mol. The molecule has 0 aromatic carbocycles. The number of nitrogens with one attached hydrogen (secondary N) is 1. The minimum Gasteiger partial charge on any atom is -0.369 e. The summed E-state index contributed by atoms with van der Waals surface area (Å²) in [5, 5.41) is 3.41. The summed E-state index contributed by atoms with van der Waals surface area (Å²) in [6.45, 7) is 7.29. The van der Waals surface area contributed by atoms with Gasteiger partial charge in [-0.3, -0.25) is 0 Å². The van der Waals surface area contributed by atoms with Crippen LogP contribution >= 0.6 is 0 Å². The zero-order valence-corrected chi connectivity index (χ0v) is 13.9. The molecule has 1 aromatic rings.